The molecular formula is C18H18N2O2S. The van der Waals surface area contributed by atoms with Gasteiger partial charge in [-0.2, -0.15) is 11.8 Å². The summed E-state index contributed by atoms with van der Waals surface area (Å²) in [5, 5.41) is 2.98. The summed E-state index contributed by atoms with van der Waals surface area (Å²) in [4.78, 5) is 12.4. The smallest absolute Gasteiger partial charge is 0.253 e. The Morgan fingerprint density at radius 2 is 1.91 bits per heavy atom. The highest BCUT2D eigenvalue weighted by Gasteiger charge is 2.11. The fraction of sp³-hybridized carbons (Fsp3) is 0.167. The Morgan fingerprint density at radius 3 is 2.70 bits per heavy atom. The number of aromatic nitrogens is 1. The van der Waals surface area contributed by atoms with Crippen molar-refractivity contribution in [3.8, 4) is 5.69 Å². The summed E-state index contributed by atoms with van der Waals surface area (Å²) >= 11 is 1.74. The molecule has 0 aliphatic rings. The first-order valence-corrected chi connectivity index (χ1v) is 8.61. The lowest BCUT2D eigenvalue weighted by molar-refractivity contribution is 0.0956. The molecule has 0 radical (unpaired) electrons. The van der Waals surface area contributed by atoms with Crippen molar-refractivity contribution in [3.63, 3.8) is 0 Å². The van der Waals surface area contributed by atoms with Crippen LogP contribution in [-0.2, 0) is 5.75 Å². The first-order valence-electron chi connectivity index (χ1n) is 7.45. The van der Waals surface area contributed by atoms with E-state index in [1.165, 1.54) is 0 Å². The first-order chi connectivity index (χ1) is 11.3. The van der Waals surface area contributed by atoms with Crippen LogP contribution in [0.3, 0.4) is 0 Å². The molecule has 0 saturated heterocycles. The third kappa shape index (κ3) is 4.07. The van der Waals surface area contributed by atoms with Crippen LogP contribution in [0.4, 0.5) is 0 Å². The topological polar surface area (TPSA) is 47.2 Å². The fourth-order valence-corrected chi connectivity index (χ4v) is 3.04. The molecule has 0 unspecified atom stereocenters. The van der Waals surface area contributed by atoms with E-state index < -0.39 is 0 Å². The lowest BCUT2D eigenvalue weighted by Gasteiger charge is -2.11. The van der Waals surface area contributed by atoms with Crippen LogP contribution in [0.5, 0.6) is 0 Å². The second kappa shape index (κ2) is 7.74. The van der Waals surface area contributed by atoms with Gasteiger partial charge >= 0.3 is 0 Å². The minimum absolute atomic E-state index is 0.0482. The first kappa shape index (κ1) is 15.5. The number of rotatable bonds is 7. The molecule has 0 aliphatic heterocycles. The van der Waals surface area contributed by atoms with Crippen LogP contribution >= 0.6 is 11.8 Å². The van der Waals surface area contributed by atoms with E-state index in [-0.39, 0.29) is 5.91 Å². The van der Waals surface area contributed by atoms with Gasteiger partial charge in [0.1, 0.15) is 5.76 Å². The molecule has 4 nitrogen and oxygen atoms in total. The van der Waals surface area contributed by atoms with Gasteiger partial charge in [-0.05, 0) is 36.4 Å². The monoisotopic (exact) mass is 326 g/mol. The number of para-hydroxylation sites is 1. The number of furan rings is 1. The molecule has 0 aliphatic carbocycles. The average Bonchev–Trinajstić information content (AvgIpc) is 3.28. The van der Waals surface area contributed by atoms with Gasteiger partial charge in [-0.25, -0.2) is 0 Å². The van der Waals surface area contributed by atoms with Crippen molar-refractivity contribution in [3.05, 3.63) is 78.5 Å². The average molecular weight is 326 g/mol. The third-order valence-corrected chi connectivity index (χ3v) is 4.37. The van der Waals surface area contributed by atoms with Crippen molar-refractivity contribution in [2.75, 3.05) is 12.3 Å². The molecule has 3 rings (SSSR count). The minimum atomic E-state index is -0.0482. The van der Waals surface area contributed by atoms with E-state index in [0.717, 1.165) is 23.0 Å². The highest BCUT2D eigenvalue weighted by atomic mass is 32.2. The molecule has 23 heavy (non-hydrogen) atoms. The Balaban J connectivity index is 1.52. The molecule has 1 amide bonds. The standard InChI is InChI=1S/C18H18N2O2S/c21-18(19-9-13-23-14-15-6-5-12-22-15)16-7-1-2-8-17(16)20-10-3-4-11-20/h1-8,10-12H,9,13-14H2,(H,19,21). The number of carbonyl (C=O) groups excluding carboxylic acids is 1. The molecule has 0 atom stereocenters. The summed E-state index contributed by atoms with van der Waals surface area (Å²) in [6.07, 6.45) is 5.55. The molecular weight excluding hydrogens is 308 g/mol. The summed E-state index contributed by atoms with van der Waals surface area (Å²) in [5.41, 5.74) is 1.57. The maximum atomic E-state index is 12.4. The van der Waals surface area contributed by atoms with Gasteiger partial charge in [-0.15, -0.1) is 0 Å². The lowest BCUT2D eigenvalue weighted by atomic mass is 10.1. The summed E-state index contributed by atoms with van der Waals surface area (Å²) in [5.74, 6) is 2.58. The fourth-order valence-electron chi connectivity index (χ4n) is 2.29. The quantitative estimate of drug-likeness (QED) is 0.673. The van der Waals surface area contributed by atoms with Crippen molar-refractivity contribution in [1.82, 2.24) is 9.88 Å². The maximum Gasteiger partial charge on any atom is 0.253 e. The number of thioether (sulfide) groups is 1. The SMILES string of the molecule is O=C(NCCSCc1ccco1)c1ccccc1-n1cccc1. The van der Waals surface area contributed by atoms with Crippen LogP contribution < -0.4 is 5.32 Å². The van der Waals surface area contributed by atoms with Crippen LogP contribution in [0.2, 0.25) is 0 Å². The lowest BCUT2D eigenvalue weighted by Crippen LogP contribution is -2.26. The zero-order valence-corrected chi connectivity index (χ0v) is 13.5. The molecule has 3 aromatic rings. The van der Waals surface area contributed by atoms with E-state index in [0.29, 0.717) is 12.1 Å². The zero-order chi connectivity index (χ0) is 15.9. The van der Waals surface area contributed by atoms with Gasteiger partial charge in [0.2, 0.25) is 0 Å². The molecule has 5 heteroatoms. The van der Waals surface area contributed by atoms with Gasteiger partial charge in [-0.1, -0.05) is 12.1 Å². The minimum Gasteiger partial charge on any atom is -0.468 e. The molecule has 0 spiro atoms. The molecule has 118 valence electrons. The third-order valence-electron chi connectivity index (χ3n) is 3.39. The number of hydrogen-bond donors (Lipinski definition) is 1. The second-order valence-corrected chi connectivity index (χ2v) is 6.10. The van der Waals surface area contributed by atoms with E-state index >= 15 is 0 Å². The second-order valence-electron chi connectivity index (χ2n) is 5.00. The van der Waals surface area contributed by atoms with Gasteiger partial charge in [0.15, 0.2) is 0 Å². The van der Waals surface area contributed by atoms with E-state index in [2.05, 4.69) is 5.32 Å². The van der Waals surface area contributed by atoms with Crippen molar-refractivity contribution >= 4 is 17.7 Å². The van der Waals surface area contributed by atoms with Gasteiger partial charge in [0.25, 0.3) is 5.91 Å². The molecule has 0 bridgehead atoms. The van der Waals surface area contributed by atoms with Gasteiger partial charge in [-0.3, -0.25) is 4.79 Å². The van der Waals surface area contributed by atoms with Gasteiger partial charge in [0.05, 0.1) is 23.3 Å². The molecule has 0 saturated carbocycles. The number of carbonyl (C=O) groups is 1. The van der Waals surface area contributed by atoms with E-state index in [1.807, 2.05) is 65.5 Å². The number of amides is 1. The largest absolute Gasteiger partial charge is 0.468 e. The van der Waals surface area contributed by atoms with Crippen LogP contribution in [-0.4, -0.2) is 22.8 Å². The van der Waals surface area contributed by atoms with E-state index in [9.17, 15) is 4.79 Å². The molecule has 1 N–H and O–H groups in total. The Hall–Kier alpha value is -2.40. The predicted molar refractivity (Wildman–Crippen MR) is 93.0 cm³/mol. The number of hydrogen-bond acceptors (Lipinski definition) is 3. The van der Waals surface area contributed by atoms with Crippen molar-refractivity contribution in [2.24, 2.45) is 0 Å². The van der Waals surface area contributed by atoms with Crippen molar-refractivity contribution in [1.29, 1.82) is 0 Å². The highest BCUT2D eigenvalue weighted by Crippen LogP contribution is 2.15. The van der Waals surface area contributed by atoms with E-state index in [4.69, 9.17) is 4.42 Å². The van der Waals surface area contributed by atoms with Crippen molar-refractivity contribution < 1.29 is 9.21 Å². The van der Waals surface area contributed by atoms with Crippen LogP contribution in [0.1, 0.15) is 16.1 Å². The Labute approximate surface area is 139 Å². The molecule has 0 fully saturated rings. The molecule has 2 heterocycles. The van der Waals surface area contributed by atoms with Gasteiger partial charge < -0.3 is 14.3 Å². The van der Waals surface area contributed by atoms with Crippen molar-refractivity contribution in [2.45, 2.75) is 5.75 Å². The Bertz CT molecular complexity index is 736. The van der Waals surface area contributed by atoms with Crippen LogP contribution in [0.25, 0.3) is 5.69 Å². The Morgan fingerprint density at radius 1 is 1.09 bits per heavy atom. The summed E-state index contributed by atoms with van der Waals surface area (Å²) in [6, 6.07) is 15.3. The summed E-state index contributed by atoms with van der Waals surface area (Å²) in [6.45, 7) is 0.629. The number of benzene rings is 1. The normalized spacial score (nSPS) is 10.6. The maximum absolute atomic E-state index is 12.4. The predicted octanol–water partition coefficient (Wildman–Crippen LogP) is 3.73. The van der Waals surface area contributed by atoms with Crippen LogP contribution in [0.15, 0.2) is 71.6 Å². The highest BCUT2D eigenvalue weighted by molar-refractivity contribution is 7.98. The Kier molecular flexibility index (Phi) is 5.21. The van der Waals surface area contributed by atoms with E-state index in [1.54, 1.807) is 18.0 Å². The van der Waals surface area contributed by atoms with Gasteiger partial charge in [0, 0.05) is 24.7 Å². The molecule has 1 aromatic carbocycles. The zero-order valence-electron chi connectivity index (χ0n) is 12.6. The van der Waals surface area contributed by atoms with Crippen LogP contribution in [0, 0.1) is 0 Å². The summed E-state index contributed by atoms with van der Waals surface area (Å²) in [7, 11) is 0. The summed E-state index contributed by atoms with van der Waals surface area (Å²) < 4.78 is 7.22. The number of nitrogens with zero attached hydrogens (tertiary/aromatic N) is 1. The number of nitrogens with one attached hydrogen (secondary N) is 1. The molecule has 2 aromatic heterocycles.